The Morgan fingerprint density at radius 3 is 2.03 bits per heavy atom. The second-order valence-electron chi connectivity index (χ2n) is 9.17. The topological polar surface area (TPSA) is 6.48 Å². The Morgan fingerprint density at radius 1 is 0.556 bits per heavy atom. The first-order valence-electron chi connectivity index (χ1n) is 12.6. The summed E-state index contributed by atoms with van der Waals surface area (Å²) < 4.78 is 0. The van der Waals surface area contributed by atoms with E-state index >= 15 is 0 Å². The lowest BCUT2D eigenvalue weighted by molar-refractivity contribution is 1.12. The molecule has 5 rings (SSSR count). The molecular formula is C34H32N2. The Bertz CT molecular complexity index is 1380. The summed E-state index contributed by atoms with van der Waals surface area (Å²) in [5.74, 6) is 0. The molecule has 2 aliphatic carbocycles. The molecule has 0 saturated carbocycles. The van der Waals surface area contributed by atoms with Crippen LogP contribution in [0, 0.1) is 6.92 Å². The van der Waals surface area contributed by atoms with Crippen molar-refractivity contribution in [1.29, 1.82) is 0 Å². The van der Waals surface area contributed by atoms with Crippen LogP contribution in [0.15, 0.2) is 151 Å². The Balaban J connectivity index is 1.58. The zero-order valence-electron chi connectivity index (χ0n) is 21.0. The summed E-state index contributed by atoms with van der Waals surface area (Å²) in [6.07, 6.45) is 21.8. The molecule has 0 fully saturated rings. The molecule has 2 heteroatoms. The predicted octanol–water partition coefficient (Wildman–Crippen LogP) is 9.46. The fraction of sp³-hybridized carbons (Fsp3) is 0.118. The van der Waals surface area contributed by atoms with E-state index in [1.54, 1.807) is 0 Å². The molecule has 36 heavy (non-hydrogen) atoms. The molecule has 0 saturated heterocycles. The molecule has 0 amide bonds. The minimum absolute atomic E-state index is 0.915. The van der Waals surface area contributed by atoms with Gasteiger partial charge in [0.05, 0.1) is 0 Å². The lowest BCUT2D eigenvalue weighted by Crippen LogP contribution is -2.20. The van der Waals surface area contributed by atoms with E-state index in [1.807, 2.05) is 0 Å². The molecule has 0 radical (unpaired) electrons. The van der Waals surface area contributed by atoms with E-state index in [-0.39, 0.29) is 0 Å². The van der Waals surface area contributed by atoms with Crippen molar-refractivity contribution in [1.82, 2.24) is 0 Å². The quantitative estimate of drug-likeness (QED) is 0.355. The number of aryl methyl sites for hydroxylation is 1. The fourth-order valence-corrected chi connectivity index (χ4v) is 4.65. The van der Waals surface area contributed by atoms with Gasteiger partial charge in [0.1, 0.15) is 0 Å². The van der Waals surface area contributed by atoms with E-state index in [1.165, 1.54) is 22.5 Å². The van der Waals surface area contributed by atoms with Gasteiger partial charge in [0.25, 0.3) is 0 Å². The van der Waals surface area contributed by atoms with Gasteiger partial charge in [0, 0.05) is 34.1 Å². The highest BCUT2D eigenvalue weighted by Gasteiger charge is 2.17. The molecule has 0 N–H and O–H groups in total. The zero-order chi connectivity index (χ0) is 24.7. The first kappa shape index (κ1) is 23.4. The molecule has 2 nitrogen and oxygen atoms in total. The summed E-state index contributed by atoms with van der Waals surface area (Å²) in [5.41, 5.74) is 9.44. The van der Waals surface area contributed by atoms with Gasteiger partial charge in [-0.25, -0.2) is 0 Å². The van der Waals surface area contributed by atoms with Crippen molar-refractivity contribution in [3.8, 4) is 0 Å². The van der Waals surface area contributed by atoms with Crippen LogP contribution in [-0.2, 0) is 0 Å². The Labute approximate surface area is 215 Å². The van der Waals surface area contributed by atoms with Crippen molar-refractivity contribution < 1.29 is 0 Å². The first-order chi connectivity index (χ1) is 17.7. The SMILES string of the molecule is CC1=CCC=CC(N(C2=CCC=CC=C2)c2ccc(N(c3ccccc3)c3cccc(C)c3)cc2)=C1. The van der Waals surface area contributed by atoms with Crippen LogP contribution in [-0.4, -0.2) is 0 Å². The maximum atomic E-state index is 2.35. The van der Waals surface area contributed by atoms with Gasteiger partial charge in [-0.2, -0.15) is 0 Å². The van der Waals surface area contributed by atoms with E-state index in [4.69, 9.17) is 0 Å². The van der Waals surface area contributed by atoms with E-state index in [9.17, 15) is 0 Å². The standard InChI is InChI=1S/C34H32N2/c1-27-13-10-11-19-33(25-27)35(29-15-6-3-4-7-16-29)31-21-23-32(24-22-31)36(30-17-8-5-9-18-30)34-20-12-14-28(2)26-34/h3-6,8-9,11-26H,7,10H2,1-2H3. The van der Waals surface area contributed by atoms with Crippen LogP contribution < -0.4 is 9.80 Å². The van der Waals surface area contributed by atoms with E-state index in [0.29, 0.717) is 0 Å². The third kappa shape index (κ3) is 5.34. The van der Waals surface area contributed by atoms with Crippen molar-refractivity contribution in [2.75, 3.05) is 9.80 Å². The Kier molecular flexibility index (Phi) is 7.14. The molecule has 0 unspecified atom stereocenters. The van der Waals surface area contributed by atoms with Crippen LogP contribution in [0.25, 0.3) is 0 Å². The number of hydrogen-bond acceptors (Lipinski definition) is 2. The van der Waals surface area contributed by atoms with Gasteiger partial charge in [-0.05, 0) is 99.0 Å². The second-order valence-corrected chi connectivity index (χ2v) is 9.17. The van der Waals surface area contributed by atoms with Crippen LogP contribution >= 0.6 is 0 Å². The minimum Gasteiger partial charge on any atom is -0.311 e. The summed E-state index contributed by atoms with van der Waals surface area (Å²) >= 11 is 0. The number of rotatable bonds is 6. The highest BCUT2D eigenvalue weighted by molar-refractivity contribution is 5.78. The molecule has 0 aliphatic heterocycles. The summed E-state index contributed by atoms with van der Waals surface area (Å²) in [5, 5.41) is 0. The van der Waals surface area contributed by atoms with Crippen molar-refractivity contribution in [2.24, 2.45) is 0 Å². The van der Waals surface area contributed by atoms with Crippen LogP contribution in [0.3, 0.4) is 0 Å². The molecule has 0 heterocycles. The Hall–Kier alpha value is -4.30. The first-order valence-corrected chi connectivity index (χ1v) is 12.6. The molecular weight excluding hydrogens is 436 g/mol. The van der Waals surface area contributed by atoms with Gasteiger partial charge in [-0.15, -0.1) is 0 Å². The van der Waals surface area contributed by atoms with Crippen molar-refractivity contribution in [3.05, 3.63) is 156 Å². The van der Waals surface area contributed by atoms with Crippen molar-refractivity contribution in [2.45, 2.75) is 26.7 Å². The zero-order valence-corrected chi connectivity index (χ0v) is 21.0. The van der Waals surface area contributed by atoms with Gasteiger partial charge >= 0.3 is 0 Å². The Morgan fingerprint density at radius 2 is 1.25 bits per heavy atom. The number of para-hydroxylation sites is 1. The van der Waals surface area contributed by atoms with Gasteiger partial charge in [0.15, 0.2) is 0 Å². The molecule has 0 aromatic heterocycles. The second kappa shape index (κ2) is 11.0. The largest absolute Gasteiger partial charge is 0.311 e. The fourth-order valence-electron chi connectivity index (χ4n) is 4.65. The molecule has 3 aromatic carbocycles. The van der Waals surface area contributed by atoms with Crippen LogP contribution in [0.1, 0.15) is 25.3 Å². The normalized spacial score (nSPS) is 14.9. The average molecular weight is 469 g/mol. The van der Waals surface area contributed by atoms with Gasteiger partial charge in [-0.3, -0.25) is 0 Å². The number of hydrogen-bond donors (Lipinski definition) is 0. The third-order valence-electron chi connectivity index (χ3n) is 6.37. The van der Waals surface area contributed by atoms with Crippen LogP contribution in [0.4, 0.5) is 22.7 Å². The summed E-state index contributed by atoms with van der Waals surface area (Å²) in [4.78, 5) is 4.67. The van der Waals surface area contributed by atoms with Crippen molar-refractivity contribution in [3.63, 3.8) is 0 Å². The monoisotopic (exact) mass is 468 g/mol. The van der Waals surface area contributed by atoms with Crippen LogP contribution in [0.5, 0.6) is 0 Å². The summed E-state index contributed by atoms with van der Waals surface area (Å²) in [6, 6.07) is 28.1. The summed E-state index contributed by atoms with van der Waals surface area (Å²) in [6.45, 7) is 4.31. The van der Waals surface area contributed by atoms with Gasteiger partial charge < -0.3 is 9.80 Å². The number of anilines is 4. The summed E-state index contributed by atoms with van der Waals surface area (Å²) in [7, 11) is 0. The maximum absolute atomic E-state index is 2.35. The molecule has 0 bridgehead atoms. The number of benzene rings is 3. The third-order valence-corrected chi connectivity index (χ3v) is 6.37. The van der Waals surface area contributed by atoms with E-state index in [2.05, 4.69) is 157 Å². The smallest absolute Gasteiger partial charge is 0.0464 e. The lowest BCUT2D eigenvalue weighted by Gasteiger charge is -2.29. The van der Waals surface area contributed by atoms with Gasteiger partial charge in [-0.1, -0.05) is 72.4 Å². The van der Waals surface area contributed by atoms with E-state index in [0.717, 1.165) is 35.6 Å². The molecule has 0 spiro atoms. The average Bonchev–Trinajstić information content (AvgIpc) is 3.29. The predicted molar refractivity (Wildman–Crippen MR) is 155 cm³/mol. The highest BCUT2D eigenvalue weighted by Crippen LogP contribution is 2.37. The molecule has 3 aromatic rings. The van der Waals surface area contributed by atoms with Gasteiger partial charge in [0.2, 0.25) is 0 Å². The highest BCUT2D eigenvalue weighted by atomic mass is 15.2. The molecule has 0 atom stereocenters. The lowest BCUT2D eigenvalue weighted by atomic mass is 10.1. The maximum Gasteiger partial charge on any atom is 0.0464 e. The number of nitrogens with zero attached hydrogens (tertiary/aromatic N) is 2. The molecule has 2 aliphatic rings. The molecule has 178 valence electrons. The van der Waals surface area contributed by atoms with Crippen LogP contribution in [0.2, 0.25) is 0 Å². The van der Waals surface area contributed by atoms with Crippen molar-refractivity contribution >= 4 is 22.7 Å². The van der Waals surface area contributed by atoms with E-state index < -0.39 is 0 Å². The number of allylic oxidation sites excluding steroid dienone is 10. The minimum atomic E-state index is 0.915.